The number of benzene rings is 1. The van der Waals surface area contributed by atoms with Crippen molar-refractivity contribution in [3.8, 4) is 0 Å². The van der Waals surface area contributed by atoms with E-state index in [1.807, 2.05) is 55.1 Å². The minimum atomic E-state index is -0.341. The van der Waals surface area contributed by atoms with Crippen LogP contribution in [0.15, 0.2) is 24.3 Å². The van der Waals surface area contributed by atoms with Crippen molar-refractivity contribution in [2.24, 2.45) is 0 Å². The van der Waals surface area contributed by atoms with Gasteiger partial charge in [0.05, 0.1) is 6.54 Å². The Hall–Kier alpha value is -1.88. The van der Waals surface area contributed by atoms with Crippen molar-refractivity contribution in [1.82, 2.24) is 14.7 Å². The van der Waals surface area contributed by atoms with Gasteiger partial charge in [0.1, 0.15) is 6.04 Å². The molecule has 0 aromatic heterocycles. The summed E-state index contributed by atoms with van der Waals surface area (Å²) in [6.07, 6.45) is 4.66. The van der Waals surface area contributed by atoms with E-state index >= 15 is 0 Å². The van der Waals surface area contributed by atoms with Crippen LogP contribution in [0.1, 0.15) is 42.9 Å². The number of likely N-dealkylation sites (N-methyl/N-ethyl adjacent to an activating group) is 1. The lowest BCUT2D eigenvalue weighted by Gasteiger charge is -2.40. The van der Waals surface area contributed by atoms with E-state index in [2.05, 4.69) is 0 Å². The minimum Gasteiger partial charge on any atom is -0.336 e. The second kappa shape index (κ2) is 7.56. The van der Waals surface area contributed by atoms with Crippen molar-refractivity contribution in [1.29, 1.82) is 0 Å². The number of carbonyl (C=O) groups excluding carboxylic acids is 2. The van der Waals surface area contributed by atoms with Crippen LogP contribution in [-0.4, -0.2) is 66.3 Å². The molecule has 1 atom stereocenters. The number of piperazine rings is 1. The van der Waals surface area contributed by atoms with Crippen molar-refractivity contribution in [3.05, 3.63) is 35.4 Å². The van der Waals surface area contributed by atoms with Crippen LogP contribution in [-0.2, 0) is 9.59 Å². The molecular weight excluding hydrogens is 314 g/mol. The van der Waals surface area contributed by atoms with Gasteiger partial charge in [-0.1, -0.05) is 37.1 Å². The van der Waals surface area contributed by atoms with Crippen molar-refractivity contribution in [2.45, 2.75) is 44.7 Å². The molecule has 2 aliphatic rings. The Morgan fingerprint density at radius 1 is 1.16 bits per heavy atom. The number of nitrogens with zero attached hydrogens (tertiary/aromatic N) is 3. The first-order valence-electron chi connectivity index (χ1n) is 9.29. The van der Waals surface area contributed by atoms with Gasteiger partial charge in [0.2, 0.25) is 11.8 Å². The fourth-order valence-corrected chi connectivity index (χ4v) is 4.18. The summed E-state index contributed by atoms with van der Waals surface area (Å²) in [5, 5.41) is 0. The second-order valence-electron chi connectivity index (χ2n) is 7.51. The third-order valence-corrected chi connectivity index (χ3v) is 5.57. The van der Waals surface area contributed by atoms with Crippen LogP contribution in [0.2, 0.25) is 0 Å². The third-order valence-electron chi connectivity index (χ3n) is 5.57. The lowest BCUT2D eigenvalue weighted by Crippen LogP contribution is -2.56. The summed E-state index contributed by atoms with van der Waals surface area (Å²) in [6.45, 7) is 3.55. The van der Waals surface area contributed by atoms with E-state index < -0.39 is 0 Å². The molecule has 1 saturated heterocycles. The van der Waals surface area contributed by atoms with E-state index in [4.69, 9.17) is 0 Å². The molecule has 5 nitrogen and oxygen atoms in total. The Morgan fingerprint density at radius 3 is 2.44 bits per heavy atom. The van der Waals surface area contributed by atoms with E-state index in [0.717, 1.165) is 24.0 Å². The van der Waals surface area contributed by atoms with Crippen LogP contribution in [0.25, 0.3) is 0 Å². The molecule has 0 bridgehead atoms. The number of aryl methyl sites for hydroxylation is 1. The molecule has 136 valence electrons. The Bertz CT molecular complexity index is 638. The molecular formula is C20H29N3O2. The molecule has 2 amide bonds. The summed E-state index contributed by atoms with van der Waals surface area (Å²) in [6, 6.07) is 8.05. The van der Waals surface area contributed by atoms with Crippen LogP contribution in [0.4, 0.5) is 0 Å². The summed E-state index contributed by atoms with van der Waals surface area (Å²) < 4.78 is 0. The Labute approximate surface area is 150 Å². The van der Waals surface area contributed by atoms with Crippen molar-refractivity contribution in [2.75, 3.05) is 33.7 Å². The zero-order valence-corrected chi connectivity index (χ0v) is 15.6. The number of rotatable bonds is 4. The molecule has 2 fully saturated rings. The van der Waals surface area contributed by atoms with Gasteiger partial charge in [-0.25, -0.2) is 0 Å². The molecule has 0 radical (unpaired) electrons. The van der Waals surface area contributed by atoms with E-state index in [9.17, 15) is 9.59 Å². The van der Waals surface area contributed by atoms with Crippen molar-refractivity contribution in [3.63, 3.8) is 0 Å². The van der Waals surface area contributed by atoms with Gasteiger partial charge in [0, 0.05) is 19.1 Å². The SMILES string of the molecule is Cc1ccccc1[C@H](C(=O)N1CCN(C2CCCC2)C(=O)C1)N(C)C. The maximum Gasteiger partial charge on any atom is 0.245 e. The van der Waals surface area contributed by atoms with Gasteiger partial charge in [0.25, 0.3) is 0 Å². The Kier molecular flexibility index (Phi) is 5.42. The van der Waals surface area contributed by atoms with Gasteiger partial charge < -0.3 is 9.80 Å². The Balaban J connectivity index is 1.73. The highest BCUT2D eigenvalue weighted by Crippen LogP contribution is 2.27. The molecule has 1 saturated carbocycles. The van der Waals surface area contributed by atoms with Crippen LogP contribution in [0, 0.1) is 6.92 Å². The minimum absolute atomic E-state index is 0.0266. The number of amides is 2. The molecule has 1 aliphatic carbocycles. The summed E-state index contributed by atoms with van der Waals surface area (Å²) in [4.78, 5) is 31.5. The smallest absolute Gasteiger partial charge is 0.245 e. The normalized spacial score (nSPS) is 20.4. The molecule has 0 N–H and O–H groups in total. The number of hydrogen-bond donors (Lipinski definition) is 0. The predicted molar refractivity (Wildman–Crippen MR) is 98.2 cm³/mol. The van der Waals surface area contributed by atoms with Gasteiger partial charge in [0.15, 0.2) is 0 Å². The summed E-state index contributed by atoms with van der Waals surface area (Å²) in [5.41, 5.74) is 2.12. The maximum atomic E-state index is 13.2. The summed E-state index contributed by atoms with van der Waals surface area (Å²) in [7, 11) is 3.84. The van der Waals surface area contributed by atoms with Gasteiger partial charge in [-0.05, 0) is 45.0 Å². The zero-order chi connectivity index (χ0) is 18.0. The lowest BCUT2D eigenvalue weighted by atomic mass is 9.99. The quantitative estimate of drug-likeness (QED) is 0.842. The molecule has 1 aromatic carbocycles. The van der Waals surface area contributed by atoms with E-state index in [0.29, 0.717) is 19.1 Å². The summed E-state index contributed by atoms with van der Waals surface area (Å²) in [5.74, 6) is 0.132. The van der Waals surface area contributed by atoms with Crippen LogP contribution in [0.3, 0.4) is 0 Å². The van der Waals surface area contributed by atoms with Crippen LogP contribution >= 0.6 is 0 Å². The standard InChI is InChI=1S/C20H29N3O2/c1-15-8-4-7-11-17(15)19(21(2)3)20(25)22-12-13-23(18(24)14-22)16-9-5-6-10-16/h4,7-8,11,16,19H,5-6,9-10,12-14H2,1-3H3/t19-/m1/s1. The first-order chi connectivity index (χ1) is 12.0. The second-order valence-corrected chi connectivity index (χ2v) is 7.51. The first-order valence-corrected chi connectivity index (χ1v) is 9.29. The van der Waals surface area contributed by atoms with E-state index in [1.165, 1.54) is 12.8 Å². The number of hydrogen-bond acceptors (Lipinski definition) is 3. The lowest BCUT2D eigenvalue weighted by molar-refractivity contribution is -0.149. The van der Waals surface area contributed by atoms with Gasteiger partial charge in [-0.3, -0.25) is 14.5 Å². The molecule has 25 heavy (non-hydrogen) atoms. The monoisotopic (exact) mass is 343 g/mol. The van der Waals surface area contributed by atoms with Crippen LogP contribution < -0.4 is 0 Å². The van der Waals surface area contributed by atoms with Gasteiger partial charge in [-0.2, -0.15) is 0 Å². The highest BCUT2D eigenvalue weighted by Gasteiger charge is 2.36. The van der Waals surface area contributed by atoms with E-state index in [-0.39, 0.29) is 24.4 Å². The molecule has 0 unspecified atom stereocenters. The fraction of sp³-hybridized carbons (Fsp3) is 0.600. The zero-order valence-electron chi connectivity index (χ0n) is 15.6. The van der Waals surface area contributed by atoms with Crippen molar-refractivity contribution >= 4 is 11.8 Å². The predicted octanol–water partition coefficient (Wildman–Crippen LogP) is 2.21. The average molecular weight is 343 g/mol. The maximum absolute atomic E-state index is 13.2. The fourth-order valence-electron chi connectivity index (χ4n) is 4.18. The summed E-state index contributed by atoms with van der Waals surface area (Å²) >= 11 is 0. The largest absolute Gasteiger partial charge is 0.336 e. The molecule has 1 aliphatic heterocycles. The molecule has 1 heterocycles. The average Bonchev–Trinajstić information content (AvgIpc) is 3.10. The van der Waals surface area contributed by atoms with Gasteiger partial charge >= 0.3 is 0 Å². The van der Waals surface area contributed by atoms with E-state index in [1.54, 1.807) is 4.90 Å². The number of carbonyl (C=O) groups is 2. The molecule has 3 rings (SSSR count). The molecule has 5 heteroatoms. The molecule has 1 aromatic rings. The van der Waals surface area contributed by atoms with Crippen LogP contribution in [0.5, 0.6) is 0 Å². The topological polar surface area (TPSA) is 43.9 Å². The van der Waals surface area contributed by atoms with Crippen molar-refractivity contribution < 1.29 is 9.59 Å². The first kappa shape index (κ1) is 17.9. The highest BCUT2D eigenvalue weighted by molar-refractivity contribution is 5.89. The van der Waals surface area contributed by atoms with Gasteiger partial charge in [-0.15, -0.1) is 0 Å². The third kappa shape index (κ3) is 3.71. The highest BCUT2D eigenvalue weighted by atomic mass is 16.2. The Morgan fingerprint density at radius 2 is 1.84 bits per heavy atom. The molecule has 0 spiro atoms.